The molecule has 0 saturated heterocycles. The first-order valence-corrected chi connectivity index (χ1v) is 5.06. The Morgan fingerprint density at radius 3 is 2.53 bits per heavy atom. The molecule has 2 rings (SSSR count). The molecule has 86 valence electrons. The summed E-state index contributed by atoms with van der Waals surface area (Å²) in [5.41, 5.74) is 1.23. The molecule has 0 bridgehead atoms. The maximum Gasteiger partial charge on any atom is 0.151 e. The van der Waals surface area contributed by atoms with Crippen molar-refractivity contribution in [2.45, 2.75) is 6.61 Å². The molecule has 2 aromatic rings. The first kappa shape index (κ1) is 11.3. The average Bonchev–Trinajstić information content (AvgIpc) is 2.39. The topological polar surface area (TPSA) is 39.2 Å². The smallest absolute Gasteiger partial charge is 0.151 e. The summed E-state index contributed by atoms with van der Waals surface area (Å²) in [5.74, 6) is 0.276. The number of nitrogens with zero attached hydrogens (tertiary/aromatic N) is 1. The van der Waals surface area contributed by atoms with Gasteiger partial charge in [0.25, 0.3) is 0 Å². The summed E-state index contributed by atoms with van der Waals surface area (Å²) in [5, 5.41) is 0. The van der Waals surface area contributed by atoms with E-state index in [1.54, 1.807) is 24.3 Å². The second-order valence-corrected chi connectivity index (χ2v) is 3.44. The molecule has 1 aromatic heterocycles. The zero-order valence-corrected chi connectivity index (χ0v) is 8.97. The summed E-state index contributed by atoms with van der Waals surface area (Å²) < 4.78 is 18.0. The third-order valence-corrected chi connectivity index (χ3v) is 2.18. The van der Waals surface area contributed by atoms with E-state index in [0.29, 0.717) is 17.0 Å². The van der Waals surface area contributed by atoms with Crippen molar-refractivity contribution in [1.29, 1.82) is 0 Å². The highest BCUT2D eigenvalue weighted by atomic mass is 19.1. The van der Waals surface area contributed by atoms with Gasteiger partial charge in [0.2, 0.25) is 0 Å². The quantitative estimate of drug-likeness (QED) is 0.759. The standard InChI is InChI=1S/C13H10FNO2/c14-11-2-5-13(6-3-11)17-9-12-4-1-10(8-16)7-15-12/h1-8H,9H2. The van der Waals surface area contributed by atoms with Crippen LogP contribution in [0.25, 0.3) is 0 Å². The van der Waals surface area contributed by atoms with Crippen molar-refractivity contribution in [2.75, 3.05) is 0 Å². The summed E-state index contributed by atoms with van der Waals surface area (Å²) in [7, 11) is 0. The Balaban J connectivity index is 1.97. The molecule has 3 nitrogen and oxygen atoms in total. The van der Waals surface area contributed by atoms with Crippen LogP contribution in [0.5, 0.6) is 5.75 Å². The van der Waals surface area contributed by atoms with Gasteiger partial charge in [-0.1, -0.05) is 0 Å². The van der Waals surface area contributed by atoms with Crippen LogP contribution in [0.1, 0.15) is 16.1 Å². The molecular formula is C13H10FNO2. The van der Waals surface area contributed by atoms with Crippen LogP contribution in [-0.2, 0) is 6.61 Å². The lowest BCUT2D eigenvalue weighted by atomic mass is 10.3. The Kier molecular flexibility index (Phi) is 3.45. The molecule has 1 aromatic carbocycles. The first-order valence-electron chi connectivity index (χ1n) is 5.06. The lowest BCUT2D eigenvalue weighted by Gasteiger charge is -2.05. The molecule has 0 spiro atoms. The number of hydrogen-bond acceptors (Lipinski definition) is 3. The van der Waals surface area contributed by atoms with E-state index in [9.17, 15) is 9.18 Å². The molecule has 17 heavy (non-hydrogen) atoms. The van der Waals surface area contributed by atoms with Gasteiger partial charge >= 0.3 is 0 Å². The van der Waals surface area contributed by atoms with Gasteiger partial charge in [0.1, 0.15) is 18.2 Å². The maximum atomic E-state index is 12.6. The van der Waals surface area contributed by atoms with E-state index in [-0.39, 0.29) is 12.4 Å². The largest absolute Gasteiger partial charge is 0.487 e. The van der Waals surface area contributed by atoms with Crippen LogP contribution in [0, 0.1) is 5.82 Å². The third-order valence-electron chi connectivity index (χ3n) is 2.18. The van der Waals surface area contributed by atoms with Gasteiger partial charge in [0.15, 0.2) is 6.29 Å². The molecule has 4 heteroatoms. The Bertz CT molecular complexity index is 494. The molecule has 0 aliphatic rings. The summed E-state index contributed by atoms with van der Waals surface area (Å²) >= 11 is 0. The van der Waals surface area contributed by atoms with Gasteiger partial charge < -0.3 is 4.74 Å². The van der Waals surface area contributed by atoms with Gasteiger partial charge in [0, 0.05) is 11.8 Å². The first-order chi connectivity index (χ1) is 8.28. The highest BCUT2D eigenvalue weighted by Gasteiger charge is 1.98. The zero-order valence-electron chi connectivity index (χ0n) is 8.97. The van der Waals surface area contributed by atoms with E-state index in [4.69, 9.17) is 4.74 Å². The second kappa shape index (κ2) is 5.21. The lowest BCUT2D eigenvalue weighted by Crippen LogP contribution is -1.98. The SMILES string of the molecule is O=Cc1ccc(COc2ccc(F)cc2)nc1. The number of ether oxygens (including phenoxy) is 1. The Morgan fingerprint density at radius 2 is 1.94 bits per heavy atom. The van der Waals surface area contributed by atoms with Crippen LogP contribution in [-0.4, -0.2) is 11.3 Å². The summed E-state index contributed by atoms with van der Waals surface area (Å²) in [6, 6.07) is 9.15. The van der Waals surface area contributed by atoms with Crippen LogP contribution in [0.15, 0.2) is 42.6 Å². The molecule has 0 radical (unpaired) electrons. The fourth-order valence-corrected chi connectivity index (χ4v) is 1.28. The summed E-state index contributed by atoms with van der Waals surface area (Å²) in [6.45, 7) is 0.283. The van der Waals surface area contributed by atoms with Gasteiger partial charge in [-0.25, -0.2) is 4.39 Å². The number of hydrogen-bond donors (Lipinski definition) is 0. The molecule has 0 saturated carbocycles. The number of benzene rings is 1. The number of rotatable bonds is 4. The van der Waals surface area contributed by atoms with Gasteiger partial charge in [-0.3, -0.25) is 9.78 Å². The molecule has 0 amide bonds. The molecule has 0 atom stereocenters. The number of halogens is 1. The highest BCUT2D eigenvalue weighted by molar-refractivity contribution is 5.73. The number of carbonyl (C=O) groups is 1. The Morgan fingerprint density at radius 1 is 1.18 bits per heavy atom. The highest BCUT2D eigenvalue weighted by Crippen LogP contribution is 2.12. The van der Waals surface area contributed by atoms with Gasteiger partial charge in [0.05, 0.1) is 5.69 Å². The Labute approximate surface area is 97.9 Å². The van der Waals surface area contributed by atoms with Crippen molar-refractivity contribution in [3.8, 4) is 5.75 Å². The lowest BCUT2D eigenvalue weighted by molar-refractivity contribution is 0.112. The van der Waals surface area contributed by atoms with Crippen LogP contribution in [0.4, 0.5) is 4.39 Å². The normalized spacial score (nSPS) is 9.94. The molecular weight excluding hydrogens is 221 g/mol. The molecule has 1 heterocycles. The number of carbonyl (C=O) groups excluding carboxylic acids is 1. The molecule has 0 aliphatic carbocycles. The molecule has 0 fully saturated rings. The number of aromatic nitrogens is 1. The van der Waals surface area contributed by atoms with E-state index < -0.39 is 0 Å². The summed E-state index contributed by atoms with van der Waals surface area (Å²) in [6.07, 6.45) is 2.22. The van der Waals surface area contributed by atoms with E-state index in [2.05, 4.69) is 4.98 Å². The monoisotopic (exact) mass is 231 g/mol. The molecule has 0 N–H and O–H groups in total. The van der Waals surface area contributed by atoms with Crippen molar-refractivity contribution in [1.82, 2.24) is 4.98 Å². The predicted molar refractivity (Wildman–Crippen MR) is 60.4 cm³/mol. The fraction of sp³-hybridized carbons (Fsp3) is 0.0769. The summed E-state index contributed by atoms with van der Waals surface area (Å²) in [4.78, 5) is 14.5. The Hall–Kier alpha value is -2.23. The maximum absolute atomic E-state index is 12.6. The van der Waals surface area contributed by atoms with Crippen LogP contribution < -0.4 is 4.74 Å². The van der Waals surface area contributed by atoms with Gasteiger partial charge in [-0.2, -0.15) is 0 Å². The van der Waals surface area contributed by atoms with E-state index in [1.165, 1.54) is 18.3 Å². The zero-order chi connectivity index (χ0) is 12.1. The van der Waals surface area contributed by atoms with Gasteiger partial charge in [-0.15, -0.1) is 0 Å². The van der Waals surface area contributed by atoms with Crippen molar-refractivity contribution in [2.24, 2.45) is 0 Å². The van der Waals surface area contributed by atoms with Crippen molar-refractivity contribution >= 4 is 6.29 Å². The molecule has 0 aliphatic heterocycles. The van der Waals surface area contributed by atoms with E-state index in [1.807, 2.05) is 0 Å². The van der Waals surface area contributed by atoms with Gasteiger partial charge in [-0.05, 0) is 36.4 Å². The van der Waals surface area contributed by atoms with E-state index in [0.717, 1.165) is 6.29 Å². The average molecular weight is 231 g/mol. The predicted octanol–water partition coefficient (Wildman–Crippen LogP) is 2.61. The third kappa shape index (κ3) is 3.11. The number of aldehydes is 1. The van der Waals surface area contributed by atoms with Crippen LogP contribution in [0.2, 0.25) is 0 Å². The van der Waals surface area contributed by atoms with Crippen molar-refractivity contribution in [3.63, 3.8) is 0 Å². The minimum absolute atomic E-state index is 0.283. The number of pyridine rings is 1. The van der Waals surface area contributed by atoms with E-state index >= 15 is 0 Å². The minimum Gasteiger partial charge on any atom is -0.487 e. The van der Waals surface area contributed by atoms with Crippen LogP contribution >= 0.6 is 0 Å². The molecule has 0 unspecified atom stereocenters. The van der Waals surface area contributed by atoms with Crippen molar-refractivity contribution in [3.05, 3.63) is 59.7 Å². The van der Waals surface area contributed by atoms with Crippen LogP contribution in [0.3, 0.4) is 0 Å². The second-order valence-electron chi connectivity index (χ2n) is 3.44. The van der Waals surface area contributed by atoms with Crippen molar-refractivity contribution < 1.29 is 13.9 Å². The minimum atomic E-state index is -0.300. The fourth-order valence-electron chi connectivity index (χ4n) is 1.28.